The van der Waals surface area contributed by atoms with E-state index in [1.165, 1.54) is 0 Å². The number of halogens is 1. The molecule has 0 saturated heterocycles. The Morgan fingerprint density at radius 2 is 2.12 bits per heavy atom. The SMILES string of the molecule is CN(C)CCN1C(=O)COc2ccc(NC(=O)c3ccc(Br)o3)cc21. The van der Waals surface area contributed by atoms with Crippen molar-refractivity contribution in [1.29, 1.82) is 0 Å². The van der Waals surface area contributed by atoms with Crippen LogP contribution in [0.3, 0.4) is 0 Å². The molecule has 7 nitrogen and oxygen atoms in total. The molecule has 132 valence electrons. The number of furan rings is 1. The summed E-state index contributed by atoms with van der Waals surface area (Å²) in [6.07, 6.45) is 0. The van der Waals surface area contributed by atoms with E-state index in [-0.39, 0.29) is 24.2 Å². The van der Waals surface area contributed by atoms with E-state index in [0.717, 1.165) is 6.54 Å². The predicted octanol–water partition coefficient (Wildman–Crippen LogP) is 2.58. The van der Waals surface area contributed by atoms with Crippen molar-refractivity contribution in [3.05, 3.63) is 40.8 Å². The summed E-state index contributed by atoms with van der Waals surface area (Å²) in [5.74, 6) is 0.347. The fourth-order valence-corrected chi connectivity index (χ4v) is 2.76. The first-order valence-electron chi connectivity index (χ1n) is 7.72. The third kappa shape index (κ3) is 4.02. The smallest absolute Gasteiger partial charge is 0.291 e. The molecule has 1 aromatic carbocycles. The van der Waals surface area contributed by atoms with E-state index >= 15 is 0 Å². The third-order valence-corrected chi connectivity index (χ3v) is 4.15. The standard InChI is InChI=1S/C17H18BrN3O4/c1-20(2)7-8-21-12-9-11(3-4-13(12)24-10-16(21)22)19-17(23)14-5-6-15(18)25-14/h3-6,9H,7-8,10H2,1-2H3,(H,19,23). The molecule has 3 rings (SSSR count). The number of anilines is 2. The Labute approximate surface area is 153 Å². The van der Waals surface area contributed by atoms with Crippen molar-refractivity contribution in [2.24, 2.45) is 0 Å². The number of ether oxygens (including phenoxy) is 1. The van der Waals surface area contributed by atoms with Crippen LogP contribution in [0.4, 0.5) is 11.4 Å². The highest BCUT2D eigenvalue weighted by Crippen LogP contribution is 2.34. The minimum absolute atomic E-state index is 0.0204. The second kappa shape index (κ2) is 7.28. The average Bonchev–Trinajstić information content (AvgIpc) is 3.00. The van der Waals surface area contributed by atoms with Gasteiger partial charge < -0.3 is 24.3 Å². The van der Waals surface area contributed by atoms with Gasteiger partial charge in [0.15, 0.2) is 17.0 Å². The molecule has 1 aliphatic heterocycles. The summed E-state index contributed by atoms with van der Waals surface area (Å²) >= 11 is 3.17. The Morgan fingerprint density at radius 1 is 1.32 bits per heavy atom. The molecular weight excluding hydrogens is 390 g/mol. The summed E-state index contributed by atoms with van der Waals surface area (Å²) in [7, 11) is 3.90. The summed E-state index contributed by atoms with van der Waals surface area (Å²) in [5.41, 5.74) is 1.21. The van der Waals surface area contributed by atoms with Crippen molar-refractivity contribution in [3.8, 4) is 5.75 Å². The molecule has 1 aromatic heterocycles. The molecule has 0 fully saturated rings. The van der Waals surface area contributed by atoms with Gasteiger partial charge in [-0.25, -0.2) is 0 Å². The predicted molar refractivity (Wildman–Crippen MR) is 97.2 cm³/mol. The van der Waals surface area contributed by atoms with Crippen LogP contribution in [0.2, 0.25) is 0 Å². The number of amides is 2. The van der Waals surface area contributed by atoms with E-state index in [0.29, 0.717) is 28.3 Å². The van der Waals surface area contributed by atoms with Crippen molar-refractivity contribution in [3.63, 3.8) is 0 Å². The van der Waals surface area contributed by atoms with Crippen LogP contribution in [0.25, 0.3) is 0 Å². The van der Waals surface area contributed by atoms with Gasteiger partial charge >= 0.3 is 0 Å². The number of benzene rings is 1. The maximum absolute atomic E-state index is 12.2. The second-order valence-corrected chi connectivity index (χ2v) is 6.66. The van der Waals surface area contributed by atoms with Crippen LogP contribution in [-0.2, 0) is 4.79 Å². The van der Waals surface area contributed by atoms with E-state index in [2.05, 4.69) is 21.2 Å². The second-order valence-electron chi connectivity index (χ2n) is 5.88. The molecule has 0 bridgehead atoms. The van der Waals surface area contributed by atoms with Crippen LogP contribution in [-0.4, -0.2) is 50.5 Å². The fraction of sp³-hybridized carbons (Fsp3) is 0.294. The molecule has 0 spiro atoms. The van der Waals surface area contributed by atoms with Gasteiger partial charge in [0.25, 0.3) is 11.8 Å². The molecule has 2 amide bonds. The zero-order valence-corrected chi connectivity index (χ0v) is 15.5. The van der Waals surface area contributed by atoms with Crippen molar-refractivity contribution in [2.45, 2.75) is 0 Å². The molecular formula is C17H18BrN3O4. The molecule has 2 heterocycles. The Bertz CT molecular complexity index is 803. The van der Waals surface area contributed by atoms with Crippen molar-refractivity contribution in [1.82, 2.24) is 4.90 Å². The Morgan fingerprint density at radius 3 is 2.80 bits per heavy atom. The minimum Gasteiger partial charge on any atom is -0.482 e. The topological polar surface area (TPSA) is 75.0 Å². The maximum Gasteiger partial charge on any atom is 0.291 e. The minimum atomic E-state index is -0.367. The molecule has 25 heavy (non-hydrogen) atoms. The monoisotopic (exact) mass is 407 g/mol. The zero-order valence-electron chi connectivity index (χ0n) is 13.9. The number of rotatable bonds is 5. The summed E-state index contributed by atoms with van der Waals surface area (Å²) in [4.78, 5) is 28.1. The van der Waals surface area contributed by atoms with Crippen LogP contribution < -0.4 is 15.0 Å². The van der Waals surface area contributed by atoms with Gasteiger partial charge in [-0.2, -0.15) is 0 Å². The highest BCUT2D eigenvalue weighted by atomic mass is 79.9. The molecule has 0 atom stereocenters. The van der Waals surface area contributed by atoms with Gasteiger partial charge in [-0.15, -0.1) is 0 Å². The molecule has 1 N–H and O–H groups in total. The highest BCUT2D eigenvalue weighted by molar-refractivity contribution is 9.10. The van der Waals surface area contributed by atoms with Gasteiger partial charge in [-0.3, -0.25) is 9.59 Å². The van der Waals surface area contributed by atoms with E-state index < -0.39 is 0 Å². The third-order valence-electron chi connectivity index (χ3n) is 3.73. The lowest BCUT2D eigenvalue weighted by Crippen LogP contribution is -2.42. The summed E-state index contributed by atoms with van der Waals surface area (Å²) in [6.45, 7) is 1.29. The van der Waals surface area contributed by atoms with Gasteiger partial charge in [0.1, 0.15) is 5.75 Å². The summed E-state index contributed by atoms with van der Waals surface area (Å²) in [6, 6.07) is 8.44. The molecule has 0 saturated carbocycles. The van der Waals surface area contributed by atoms with Gasteiger partial charge in [0, 0.05) is 18.8 Å². The number of fused-ring (bicyclic) bond motifs is 1. The normalized spacial score (nSPS) is 13.6. The first kappa shape index (κ1) is 17.5. The lowest BCUT2D eigenvalue weighted by Gasteiger charge is -2.30. The maximum atomic E-state index is 12.2. The number of nitrogens with zero attached hydrogens (tertiary/aromatic N) is 2. The largest absolute Gasteiger partial charge is 0.482 e. The molecule has 0 unspecified atom stereocenters. The van der Waals surface area contributed by atoms with Crippen LogP contribution in [0.15, 0.2) is 39.4 Å². The number of likely N-dealkylation sites (N-methyl/N-ethyl adjacent to an activating group) is 1. The van der Waals surface area contributed by atoms with Crippen LogP contribution >= 0.6 is 15.9 Å². The number of nitrogens with one attached hydrogen (secondary N) is 1. The zero-order chi connectivity index (χ0) is 18.0. The number of carbonyl (C=O) groups is 2. The quantitative estimate of drug-likeness (QED) is 0.824. The number of carbonyl (C=O) groups excluding carboxylic acids is 2. The van der Waals surface area contributed by atoms with Gasteiger partial charge in [-0.05, 0) is 60.4 Å². The Balaban J connectivity index is 1.81. The summed E-state index contributed by atoms with van der Waals surface area (Å²) in [5, 5.41) is 2.76. The van der Waals surface area contributed by atoms with Crippen molar-refractivity contribution < 1.29 is 18.7 Å². The summed E-state index contributed by atoms with van der Waals surface area (Å²) < 4.78 is 11.2. The van der Waals surface area contributed by atoms with Crippen molar-refractivity contribution in [2.75, 3.05) is 44.0 Å². The number of hydrogen-bond acceptors (Lipinski definition) is 5. The average molecular weight is 408 g/mol. The van der Waals surface area contributed by atoms with Crippen molar-refractivity contribution >= 4 is 39.1 Å². The first-order chi connectivity index (χ1) is 11.9. The first-order valence-corrected chi connectivity index (χ1v) is 8.52. The molecule has 1 aliphatic rings. The van der Waals surface area contributed by atoms with Crippen LogP contribution in [0.1, 0.15) is 10.6 Å². The number of hydrogen-bond donors (Lipinski definition) is 1. The molecule has 8 heteroatoms. The van der Waals surface area contributed by atoms with E-state index in [1.807, 2.05) is 19.0 Å². The van der Waals surface area contributed by atoms with E-state index in [4.69, 9.17) is 9.15 Å². The Kier molecular flexibility index (Phi) is 5.10. The van der Waals surface area contributed by atoms with Crippen LogP contribution in [0, 0.1) is 0 Å². The fourth-order valence-electron chi connectivity index (χ4n) is 2.45. The lowest BCUT2D eigenvalue weighted by atomic mass is 10.2. The van der Waals surface area contributed by atoms with E-state index in [1.54, 1.807) is 35.2 Å². The van der Waals surface area contributed by atoms with Gasteiger partial charge in [-0.1, -0.05) is 0 Å². The van der Waals surface area contributed by atoms with E-state index in [9.17, 15) is 9.59 Å². The molecule has 0 radical (unpaired) electrons. The van der Waals surface area contributed by atoms with Gasteiger partial charge in [0.05, 0.1) is 5.69 Å². The lowest BCUT2D eigenvalue weighted by molar-refractivity contribution is -0.121. The van der Waals surface area contributed by atoms with Crippen LogP contribution in [0.5, 0.6) is 5.75 Å². The molecule has 2 aromatic rings. The highest BCUT2D eigenvalue weighted by Gasteiger charge is 2.26. The van der Waals surface area contributed by atoms with Gasteiger partial charge in [0.2, 0.25) is 0 Å². The molecule has 0 aliphatic carbocycles. The Hall–Kier alpha value is -2.32.